The van der Waals surface area contributed by atoms with E-state index < -0.39 is 0 Å². The Kier molecular flexibility index (Phi) is 3.12. The normalized spacial score (nSPS) is 21.1. The summed E-state index contributed by atoms with van der Waals surface area (Å²) in [5.74, 6) is 1.95. The number of rotatable bonds is 1. The maximum absolute atomic E-state index is 8.99. The fourth-order valence-electron chi connectivity index (χ4n) is 1.75. The van der Waals surface area contributed by atoms with Crippen LogP contribution in [0.15, 0.2) is 18.3 Å². The number of thioether (sulfide) groups is 1. The van der Waals surface area contributed by atoms with Gasteiger partial charge in [-0.1, -0.05) is 6.92 Å². The van der Waals surface area contributed by atoms with Crippen molar-refractivity contribution in [2.75, 3.05) is 23.7 Å². The van der Waals surface area contributed by atoms with Gasteiger partial charge in [0, 0.05) is 30.3 Å². The van der Waals surface area contributed by atoms with Crippen molar-refractivity contribution in [3.63, 3.8) is 0 Å². The summed E-state index contributed by atoms with van der Waals surface area (Å²) in [7, 11) is 0. The zero-order chi connectivity index (χ0) is 10.7. The van der Waals surface area contributed by atoms with E-state index in [1.807, 2.05) is 23.9 Å². The third-order valence-corrected chi connectivity index (χ3v) is 3.58. The maximum Gasteiger partial charge on any atom is 0.146 e. The Hall–Kier alpha value is -1.21. The zero-order valence-electron chi connectivity index (χ0n) is 8.68. The van der Waals surface area contributed by atoms with E-state index in [1.54, 1.807) is 6.20 Å². The van der Waals surface area contributed by atoms with Gasteiger partial charge in [0.05, 0.1) is 5.56 Å². The highest BCUT2D eigenvalue weighted by Crippen LogP contribution is 2.24. The summed E-state index contributed by atoms with van der Waals surface area (Å²) in [5, 5.41) is 9.61. The summed E-state index contributed by atoms with van der Waals surface area (Å²) in [6, 6.07) is 5.83. The molecule has 0 bridgehead atoms. The second-order valence-electron chi connectivity index (χ2n) is 3.61. The predicted molar refractivity (Wildman–Crippen MR) is 63.1 cm³/mol. The first kappa shape index (κ1) is 10.3. The van der Waals surface area contributed by atoms with Gasteiger partial charge in [-0.2, -0.15) is 17.0 Å². The molecular formula is C11H13N3S. The van der Waals surface area contributed by atoms with Crippen LogP contribution in [0.25, 0.3) is 0 Å². The summed E-state index contributed by atoms with van der Waals surface area (Å²) in [6.07, 6.45) is 1.75. The van der Waals surface area contributed by atoms with Gasteiger partial charge in [-0.15, -0.1) is 0 Å². The number of hydrogen-bond acceptors (Lipinski definition) is 4. The SMILES string of the molecule is CC1CN(c2ncccc2C#N)CCS1. The van der Waals surface area contributed by atoms with Gasteiger partial charge in [-0.25, -0.2) is 4.98 Å². The van der Waals surface area contributed by atoms with Crippen molar-refractivity contribution in [3.05, 3.63) is 23.9 Å². The molecule has 1 aliphatic rings. The van der Waals surface area contributed by atoms with Crippen LogP contribution in [0.3, 0.4) is 0 Å². The van der Waals surface area contributed by atoms with Crippen molar-refractivity contribution in [1.82, 2.24) is 4.98 Å². The highest BCUT2D eigenvalue weighted by molar-refractivity contribution is 8.00. The largest absolute Gasteiger partial charge is 0.354 e. The smallest absolute Gasteiger partial charge is 0.146 e. The molecule has 2 heterocycles. The first-order valence-electron chi connectivity index (χ1n) is 5.03. The van der Waals surface area contributed by atoms with Gasteiger partial charge in [0.25, 0.3) is 0 Å². The van der Waals surface area contributed by atoms with Gasteiger partial charge in [-0.05, 0) is 12.1 Å². The Bertz CT molecular complexity index is 386. The third-order valence-electron chi connectivity index (χ3n) is 2.45. The summed E-state index contributed by atoms with van der Waals surface area (Å²) in [6.45, 7) is 4.18. The summed E-state index contributed by atoms with van der Waals surface area (Å²) in [5.41, 5.74) is 0.677. The van der Waals surface area contributed by atoms with E-state index in [1.165, 1.54) is 0 Å². The molecule has 1 aromatic rings. The fourth-order valence-corrected chi connectivity index (χ4v) is 2.76. The minimum absolute atomic E-state index is 0.618. The van der Waals surface area contributed by atoms with Crippen LogP contribution in [0.2, 0.25) is 0 Å². The van der Waals surface area contributed by atoms with Crippen molar-refractivity contribution in [2.45, 2.75) is 12.2 Å². The number of aromatic nitrogens is 1. The van der Waals surface area contributed by atoms with Crippen LogP contribution in [0.1, 0.15) is 12.5 Å². The van der Waals surface area contributed by atoms with E-state index in [0.717, 1.165) is 24.7 Å². The molecule has 1 aliphatic heterocycles. The van der Waals surface area contributed by atoms with Crippen molar-refractivity contribution in [1.29, 1.82) is 5.26 Å². The standard InChI is InChI=1S/C11H13N3S/c1-9-8-14(5-6-15-9)11-10(7-12)3-2-4-13-11/h2-4,9H,5-6,8H2,1H3. The molecule has 1 unspecified atom stereocenters. The summed E-state index contributed by atoms with van der Waals surface area (Å²) >= 11 is 1.98. The fraction of sp³-hybridized carbons (Fsp3) is 0.455. The zero-order valence-corrected chi connectivity index (χ0v) is 9.50. The number of nitrogens with zero attached hydrogens (tertiary/aromatic N) is 3. The van der Waals surface area contributed by atoms with Gasteiger partial charge < -0.3 is 4.90 Å². The molecule has 0 aliphatic carbocycles. The van der Waals surface area contributed by atoms with Gasteiger partial charge in [0.15, 0.2) is 0 Å². The molecule has 0 saturated carbocycles. The second-order valence-corrected chi connectivity index (χ2v) is 5.16. The Morgan fingerprint density at radius 1 is 1.67 bits per heavy atom. The lowest BCUT2D eigenvalue weighted by atomic mass is 10.2. The third kappa shape index (κ3) is 2.24. The van der Waals surface area contributed by atoms with E-state index in [4.69, 9.17) is 5.26 Å². The average molecular weight is 219 g/mol. The number of hydrogen-bond donors (Lipinski definition) is 0. The average Bonchev–Trinajstić information content (AvgIpc) is 2.29. The molecule has 78 valence electrons. The van der Waals surface area contributed by atoms with Crippen LogP contribution in [0.5, 0.6) is 0 Å². The molecule has 0 spiro atoms. The Morgan fingerprint density at radius 2 is 2.53 bits per heavy atom. The minimum atomic E-state index is 0.618. The molecular weight excluding hydrogens is 206 g/mol. The van der Waals surface area contributed by atoms with E-state index in [2.05, 4.69) is 22.9 Å². The van der Waals surface area contributed by atoms with Crippen LogP contribution in [-0.2, 0) is 0 Å². The van der Waals surface area contributed by atoms with Gasteiger partial charge in [0.1, 0.15) is 11.9 Å². The molecule has 3 nitrogen and oxygen atoms in total. The van der Waals surface area contributed by atoms with E-state index >= 15 is 0 Å². The van der Waals surface area contributed by atoms with Crippen molar-refractivity contribution in [2.24, 2.45) is 0 Å². The van der Waals surface area contributed by atoms with E-state index in [9.17, 15) is 0 Å². The molecule has 15 heavy (non-hydrogen) atoms. The molecule has 4 heteroatoms. The Labute approximate surface area is 94.1 Å². The van der Waals surface area contributed by atoms with Gasteiger partial charge in [-0.3, -0.25) is 0 Å². The van der Waals surface area contributed by atoms with E-state index in [-0.39, 0.29) is 0 Å². The summed E-state index contributed by atoms with van der Waals surface area (Å²) < 4.78 is 0. The lowest BCUT2D eigenvalue weighted by Gasteiger charge is -2.31. The predicted octanol–water partition coefficient (Wildman–Crippen LogP) is 1.89. The number of anilines is 1. The first-order chi connectivity index (χ1) is 7.31. The quantitative estimate of drug-likeness (QED) is 0.723. The topological polar surface area (TPSA) is 39.9 Å². The molecule has 0 amide bonds. The monoisotopic (exact) mass is 219 g/mol. The maximum atomic E-state index is 8.99. The molecule has 1 atom stereocenters. The lowest BCUT2D eigenvalue weighted by molar-refractivity contribution is 0.769. The highest BCUT2D eigenvalue weighted by Gasteiger charge is 2.19. The van der Waals surface area contributed by atoms with Crippen LogP contribution < -0.4 is 4.90 Å². The summed E-state index contributed by atoms with van der Waals surface area (Å²) in [4.78, 5) is 6.51. The highest BCUT2D eigenvalue weighted by atomic mass is 32.2. The number of nitriles is 1. The van der Waals surface area contributed by atoms with Crippen LogP contribution in [0.4, 0.5) is 5.82 Å². The first-order valence-corrected chi connectivity index (χ1v) is 6.08. The van der Waals surface area contributed by atoms with Crippen LogP contribution >= 0.6 is 11.8 Å². The lowest BCUT2D eigenvalue weighted by Crippen LogP contribution is -2.37. The van der Waals surface area contributed by atoms with Gasteiger partial charge in [0.2, 0.25) is 0 Å². The van der Waals surface area contributed by atoms with Gasteiger partial charge >= 0.3 is 0 Å². The Morgan fingerprint density at radius 3 is 3.27 bits per heavy atom. The molecule has 1 saturated heterocycles. The molecule has 1 fully saturated rings. The van der Waals surface area contributed by atoms with Crippen LogP contribution in [0, 0.1) is 11.3 Å². The second kappa shape index (κ2) is 4.54. The number of pyridine rings is 1. The molecule has 2 rings (SSSR count). The molecule has 0 radical (unpaired) electrons. The minimum Gasteiger partial charge on any atom is -0.354 e. The van der Waals surface area contributed by atoms with Crippen molar-refractivity contribution in [3.8, 4) is 6.07 Å². The van der Waals surface area contributed by atoms with Crippen molar-refractivity contribution < 1.29 is 0 Å². The molecule has 0 aromatic carbocycles. The van der Waals surface area contributed by atoms with Crippen LogP contribution in [-0.4, -0.2) is 29.1 Å². The molecule has 1 aromatic heterocycles. The van der Waals surface area contributed by atoms with Crippen molar-refractivity contribution >= 4 is 17.6 Å². The van der Waals surface area contributed by atoms with E-state index in [0.29, 0.717) is 10.8 Å². The Balaban J connectivity index is 2.25. The molecule has 0 N–H and O–H groups in total.